The van der Waals surface area contributed by atoms with Crippen molar-refractivity contribution in [3.63, 3.8) is 0 Å². The molecular weight excluding hydrogens is 404 g/mol. The molecule has 4 rings (SSSR count). The number of methoxy groups -OCH3 is 3. The van der Waals surface area contributed by atoms with Gasteiger partial charge in [0, 0.05) is 18.4 Å². The van der Waals surface area contributed by atoms with Crippen LogP contribution in [0.1, 0.15) is 47.3 Å². The molecule has 0 aliphatic heterocycles. The number of carbonyl (C=O) groups is 1. The van der Waals surface area contributed by atoms with Crippen molar-refractivity contribution in [2.45, 2.75) is 37.3 Å². The molecule has 0 saturated heterocycles. The van der Waals surface area contributed by atoms with E-state index in [2.05, 4.69) is 22.0 Å². The van der Waals surface area contributed by atoms with E-state index in [9.17, 15) is 4.79 Å². The van der Waals surface area contributed by atoms with Crippen molar-refractivity contribution in [3.8, 4) is 17.2 Å². The molecule has 1 aliphatic carbocycles. The van der Waals surface area contributed by atoms with Crippen LogP contribution in [0.2, 0.25) is 0 Å². The van der Waals surface area contributed by atoms with Crippen LogP contribution in [0.3, 0.4) is 0 Å². The molecule has 0 spiro atoms. The van der Waals surface area contributed by atoms with Gasteiger partial charge in [0.25, 0.3) is 5.78 Å². The predicted molar refractivity (Wildman–Crippen MR) is 113 cm³/mol. The maximum absolute atomic E-state index is 12.9. The van der Waals surface area contributed by atoms with Gasteiger partial charge in [0.1, 0.15) is 0 Å². The third-order valence-electron chi connectivity index (χ3n) is 5.16. The molecule has 0 amide bonds. The fourth-order valence-electron chi connectivity index (χ4n) is 3.69. The molecule has 0 N–H and O–H groups in total. The lowest BCUT2D eigenvalue weighted by atomic mass is 9.82. The van der Waals surface area contributed by atoms with E-state index in [1.165, 1.54) is 0 Å². The van der Waals surface area contributed by atoms with Gasteiger partial charge >= 0.3 is 0 Å². The summed E-state index contributed by atoms with van der Waals surface area (Å²) < 4.78 is 18.0. The molecule has 2 aromatic heterocycles. The van der Waals surface area contributed by atoms with Crippen LogP contribution in [-0.4, -0.2) is 52.4 Å². The van der Waals surface area contributed by atoms with Crippen molar-refractivity contribution in [2.75, 3.05) is 27.1 Å². The molecule has 2 heterocycles. The summed E-state index contributed by atoms with van der Waals surface area (Å²) in [5, 5.41) is 5.12. The number of fused-ring (bicyclic) bond motifs is 2. The van der Waals surface area contributed by atoms with E-state index >= 15 is 0 Å². The Bertz CT molecular complexity index is 1070. The first-order chi connectivity index (χ1) is 14.6. The molecule has 1 aromatic carbocycles. The van der Waals surface area contributed by atoms with Crippen molar-refractivity contribution in [3.05, 3.63) is 35.2 Å². The molecule has 30 heavy (non-hydrogen) atoms. The molecule has 1 unspecified atom stereocenters. The number of aromatic nitrogens is 4. The van der Waals surface area contributed by atoms with Crippen LogP contribution in [0.15, 0.2) is 23.5 Å². The summed E-state index contributed by atoms with van der Waals surface area (Å²) in [7, 11) is 4.74. The number of ether oxygens (including phenoxy) is 3. The van der Waals surface area contributed by atoms with E-state index in [1.54, 1.807) is 43.8 Å². The van der Waals surface area contributed by atoms with Gasteiger partial charge < -0.3 is 14.2 Å². The summed E-state index contributed by atoms with van der Waals surface area (Å²) in [6, 6.07) is 3.80. The van der Waals surface area contributed by atoms with Gasteiger partial charge in [-0.15, -0.1) is 5.10 Å². The van der Waals surface area contributed by atoms with Crippen LogP contribution in [0.5, 0.6) is 17.2 Å². The number of ketones is 1. The maximum atomic E-state index is 12.9. The number of rotatable bonds is 7. The van der Waals surface area contributed by atoms with Crippen molar-refractivity contribution in [2.24, 2.45) is 0 Å². The largest absolute Gasteiger partial charge is 0.493 e. The van der Waals surface area contributed by atoms with Gasteiger partial charge in [-0.2, -0.15) is 4.98 Å². The number of hydrogen-bond donors (Lipinski definition) is 0. The third kappa shape index (κ3) is 3.69. The highest BCUT2D eigenvalue weighted by molar-refractivity contribution is 7.99. The highest BCUT2D eigenvalue weighted by Gasteiger charge is 2.30. The fourth-order valence-corrected chi connectivity index (χ4v) is 4.37. The second-order valence-corrected chi connectivity index (χ2v) is 8.14. The van der Waals surface area contributed by atoms with E-state index in [4.69, 9.17) is 14.2 Å². The highest BCUT2D eigenvalue weighted by atomic mass is 32.2. The summed E-state index contributed by atoms with van der Waals surface area (Å²) in [5.41, 5.74) is 2.31. The van der Waals surface area contributed by atoms with Crippen LogP contribution in [0.25, 0.3) is 5.78 Å². The Kier molecular flexibility index (Phi) is 5.80. The van der Waals surface area contributed by atoms with Crippen LogP contribution in [0.4, 0.5) is 0 Å². The van der Waals surface area contributed by atoms with Crippen molar-refractivity contribution in [1.82, 2.24) is 19.6 Å². The second-order valence-electron chi connectivity index (χ2n) is 7.08. The minimum Gasteiger partial charge on any atom is -0.493 e. The summed E-state index contributed by atoms with van der Waals surface area (Å²) in [5.74, 6) is 3.15. The van der Waals surface area contributed by atoms with Crippen LogP contribution in [0, 0.1) is 0 Å². The molecule has 9 heteroatoms. The average Bonchev–Trinajstić information content (AvgIpc) is 3.16. The molecular formula is C21H24N4O4S. The van der Waals surface area contributed by atoms with Gasteiger partial charge in [-0.3, -0.25) is 4.79 Å². The Morgan fingerprint density at radius 1 is 1.10 bits per heavy atom. The maximum Gasteiger partial charge on any atom is 0.253 e. The van der Waals surface area contributed by atoms with E-state index in [0.717, 1.165) is 23.4 Å². The Morgan fingerprint density at radius 3 is 2.47 bits per heavy atom. The Labute approximate surface area is 179 Å². The van der Waals surface area contributed by atoms with Gasteiger partial charge in [-0.25, -0.2) is 9.50 Å². The molecule has 0 fully saturated rings. The van der Waals surface area contributed by atoms with Crippen LogP contribution < -0.4 is 14.2 Å². The number of Topliss-reactive ketones (excluding diaryl/α,β-unsaturated/α-hetero) is 1. The number of hydrogen-bond acceptors (Lipinski definition) is 8. The van der Waals surface area contributed by atoms with Crippen molar-refractivity contribution >= 4 is 23.3 Å². The minimum absolute atomic E-state index is 0.0366. The normalized spacial score (nSPS) is 15.9. The molecule has 1 aliphatic rings. The first kappa shape index (κ1) is 20.5. The summed E-state index contributed by atoms with van der Waals surface area (Å²) in [4.78, 5) is 22.1. The number of nitrogens with zero attached hydrogens (tertiary/aromatic N) is 4. The molecule has 3 aromatic rings. The van der Waals surface area contributed by atoms with E-state index in [0.29, 0.717) is 46.6 Å². The fraction of sp³-hybridized carbons (Fsp3) is 0.429. The topological polar surface area (TPSA) is 87.8 Å². The summed E-state index contributed by atoms with van der Waals surface area (Å²) >= 11 is 1.59. The summed E-state index contributed by atoms with van der Waals surface area (Å²) in [6.45, 7) is 2.11. The number of thioether (sulfide) groups is 1. The lowest BCUT2D eigenvalue weighted by Crippen LogP contribution is -2.21. The predicted octanol–water partition coefficient (Wildman–Crippen LogP) is 3.56. The van der Waals surface area contributed by atoms with Crippen LogP contribution >= 0.6 is 11.8 Å². The van der Waals surface area contributed by atoms with E-state index in [1.807, 2.05) is 12.1 Å². The highest BCUT2D eigenvalue weighted by Crippen LogP contribution is 2.42. The van der Waals surface area contributed by atoms with E-state index < -0.39 is 0 Å². The van der Waals surface area contributed by atoms with Gasteiger partial charge in [0.15, 0.2) is 17.3 Å². The monoisotopic (exact) mass is 428 g/mol. The molecule has 0 saturated carbocycles. The minimum atomic E-state index is -0.0366. The quantitative estimate of drug-likeness (QED) is 0.528. The molecule has 0 bridgehead atoms. The Balaban J connectivity index is 1.70. The number of carbonyl (C=O) groups excluding carboxylic acids is 1. The zero-order chi connectivity index (χ0) is 21.3. The zero-order valence-electron chi connectivity index (χ0n) is 17.5. The Morgan fingerprint density at radius 2 is 1.83 bits per heavy atom. The zero-order valence-corrected chi connectivity index (χ0v) is 18.3. The lowest BCUT2D eigenvalue weighted by Gasteiger charge is -2.24. The first-order valence-electron chi connectivity index (χ1n) is 9.80. The van der Waals surface area contributed by atoms with Gasteiger partial charge in [0.2, 0.25) is 10.9 Å². The van der Waals surface area contributed by atoms with Gasteiger partial charge in [0.05, 0.1) is 32.6 Å². The number of benzene rings is 1. The van der Waals surface area contributed by atoms with Gasteiger partial charge in [-0.05, 0) is 36.5 Å². The molecule has 1 atom stereocenters. The van der Waals surface area contributed by atoms with Crippen molar-refractivity contribution in [1.29, 1.82) is 0 Å². The second kappa shape index (κ2) is 8.51. The molecule has 0 radical (unpaired) electrons. The van der Waals surface area contributed by atoms with Crippen LogP contribution in [-0.2, 0) is 6.42 Å². The SMILES string of the molecule is CCCSc1nc2nc3c(cn2n1)C(=O)CC(c1cc(OC)c(OC)c(OC)c1)C3. The van der Waals surface area contributed by atoms with E-state index in [-0.39, 0.29) is 11.7 Å². The smallest absolute Gasteiger partial charge is 0.253 e. The average molecular weight is 429 g/mol. The Hall–Kier alpha value is -2.81. The summed E-state index contributed by atoms with van der Waals surface area (Å²) in [6.07, 6.45) is 3.80. The lowest BCUT2D eigenvalue weighted by molar-refractivity contribution is 0.0962. The first-order valence-corrected chi connectivity index (χ1v) is 10.8. The molecule has 158 valence electrons. The standard InChI is InChI=1S/C21H24N4O4S/c1-5-6-30-21-23-20-22-15-7-12(8-16(26)14(15)11-25(20)24-21)13-9-17(27-2)19(29-4)18(10-13)28-3/h9-12H,5-8H2,1-4H3. The van der Waals surface area contributed by atoms with Gasteiger partial charge in [-0.1, -0.05) is 18.7 Å². The van der Waals surface area contributed by atoms with Crippen molar-refractivity contribution < 1.29 is 19.0 Å². The third-order valence-corrected chi connectivity index (χ3v) is 6.20. The molecule has 8 nitrogen and oxygen atoms in total.